The van der Waals surface area contributed by atoms with Crippen LogP contribution in [-0.4, -0.2) is 19.2 Å². The van der Waals surface area contributed by atoms with E-state index in [1.807, 2.05) is 0 Å². The number of methoxy groups -OCH3 is 1. The van der Waals surface area contributed by atoms with Crippen molar-refractivity contribution in [1.29, 1.82) is 0 Å². The second-order valence-electron chi connectivity index (χ2n) is 10.9. The Morgan fingerprint density at radius 2 is 1.68 bits per heavy atom. The van der Waals surface area contributed by atoms with Crippen molar-refractivity contribution < 1.29 is 4.74 Å². The molecule has 6 rings (SSSR count). The lowest BCUT2D eigenvalue weighted by molar-refractivity contribution is -0.0893. The Morgan fingerprint density at radius 3 is 2.35 bits per heavy atom. The van der Waals surface area contributed by atoms with Gasteiger partial charge in [0, 0.05) is 17.1 Å². The molecule has 2 aromatic rings. The van der Waals surface area contributed by atoms with Gasteiger partial charge in [0.2, 0.25) is 0 Å². The maximum Gasteiger partial charge on any atom is 0.122 e. The lowest BCUT2D eigenvalue weighted by atomic mass is 9.41. The number of rotatable bonds is 7. The average Bonchev–Trinajstić information content (AvgIpc) is 2.73. The first-order valence-corrected chi connectivity index (χ1v) is 12.4. The molecule has 0 unspecified atom stereocenters. The van der Waals surface area contributed by atoms with Gasteiger partial charge in [-0.25, -0.2) is 0 Å². The van der Waals surface area contributed by atoms with Crippen LogP contribution in [0.2, 0.25) is 5.02 Å². The molecule has 0 spiro atoms. The molecule has 0 saturated heterocycles. The minimum Gasteiger partial charge on any atom is -0.496 e. The predicted molar refractivity (Wildman–Crippen MR) is 129 cm³/mol. The molecule has 4 aliphatic carbocycles. The highest BCUT2D eigenvalue weighted by atomic mass is 35.5. The number of benzene rings is 2. The van der Waals surface area contributed by atoms with E-state index in [1.165, 1.54) is 49.7 Å². The van der Waals surface area contributed by atoms with Crippen LogP contribution >= 0.6 is 11.6 Å². The van der Waals surface area contributed by atoms with Crippen LogP contribution in [0.4, 0.5) is 0 Å². The highest BCUT2D eigenvalue weighted by molar-refractivity contribution is 6.30. The van der Waals surface area contributed by atoms with E-state index in [0.29, 0.717) is 22.9 Å². The summed E-state index contributed by atoms with van der Waals surface area (Å²) in [6.45, 7) is 4.79. The standard InChI is InChI=1S/C28H36ClNO/c1-19(12-23-6-4-5-7-26(23)31-3)30-20(2)27-14-21-13-22(15-27)17-28(16-21,18-27)24-8-10-25(29)11-9-24/h4-11,19-22,30H,12-18H2,1-3H3/t19-,20+,21+,22+,27?,28?/m1/s1. The van der Waals surface area contributed by atoms with Gasteiger partial charge in [-0.1, -0.05) is 41.9 Å². The van der Waals surface area contributed by atoms with Crippen molar-refractivity contribution in [3.8, 4) is 5.75 Å². The molecule has 0 amide bonds. The molecule has 4 saturated carbocycles. The third kappa shape index (κ3) is 3.91. The van der Waals surface area contributed by atoms with Crippen molar-refractivity contribution in [1.82, 2.24) is 5.32 Å². The fourth-order valence-electron chi connectivity index (χ4n) is 7.85. The molecule has 0 aromatic heterocycles. The van der Waals surface area contributed by atoms with Crippen LogP contribution in [0.5, 0.6) is 5.75 Å². The fraction of sp³-hybridized carbons (Fsp3) is 0.571. The highest BCUT2D eigenvalue weighted by Gasteiger charge is 2.59. The summed E-state index contributed by atoms with van der Waals surface area (Å²) in [5.74, 6) is 2.76. The van der Waals surface area contributed by atoms with E-state index in [-0.39, 0.29) is 0 Å². The van der Waals surface area contributed by atoms with Gasteiger partial charge in [-0.15, -0.1) is 0 Å². The van der Waals surface area contributed by atoms with E-state index in [0.717, 1.165) is 29.0 Å². The largest absolute Gasteiger partial charge is 0.496 e. The van der Waals surface area contributed by atoms with Gasteiger partial charge in [-0.2, -0.15) is 0 Å². The molecule has 3 heteroatoms. The molecule has 0 heterocycles. The van der Waals surface area contributed by atoms with Crippen molar-refractivity contribution >= 4 is 11.6 Å². The molecule has 0 aliphatic heterocycles. The molecular formula is C28H36ClNO. The number of halogens is 1. The minimum atomic E-state index is 0.358. The van der Waals surface area contributed by atoms with Crippen LogP contribution in [-0.2, 0) is 11.8 Å². The second-order valence-corrected chi connectivity index (χ2v) is 11.4. The van der Waals surface area contributed by atoms with Crippen molar-refractivity contribution in [3.05, 3.63) is 64.7 Å². The summed E-state index contributed by atoms with van der Waals surface area (Å²) in [4.78, 5) is 0. The van der Waals surface area contributed by atoms with Crippen molar-refractivity contribution in [2.45, 2.75) is 76.3 Å². The van der Waals surface area contributed by atoms with Gasteiger partial charge < -0.3 is 10.1 Å². The van der Waals surface area contributed by atoms with Gasteiger partial charge in [-0.3, -0.25) is 0 Å². The van der Waals surface area contributed by atoms with Crippen LogP contribution < -0.4 is 10.1 Å². The Bertz CT molecular complexity index is 909. The van der Waals surface area contributed by atoms with Crippen LogP contribution in [0, 0.1) is 17.3 Å². The van der Waals surface area contributed by atoms with Crippen LogP contribution in [0.25, 0.3) is 0 Å². The summed E-state index contributed by atoms with van der Waals surface area (Å²) < 4.78 is 5.58. The Morgan fingerprint density at radius 1 is 1.00 bits per heavy atom. The van der Waals surface area contributed by atoms with Gasteiger partial charge in [0.15, 0.2) is 0 Å². The zero-order valence-electron chi connectivity index (χ0n) is 19.2. The molecule has 2 nitrogen and oxygen atoms in total. The van der Waals surface area contributed by atoms with E-state index >= 15 is 0 Å². The number of hydrogen-bond acceptors (Lipinski definition) is 2. The lowest BCUT2D eigenvalue weighted by Gasteiger charge is -2.64. The SMILES string of the molecule is COc1ccccc1C[C@@H](C)N[C@@H](C)C12C[C@@H]3C[C@H](CC(c4ccc(Cl)cc4)(C3)C1)C2. The third-order valence-corrected chi connectivity index (χ3v) is 8.99. The summed E-state index contributed by atoms with van der Waals surface area (Å²) in [5.41, 5.74) is 3.60. The summed E-state index contributed by atoms with van der Waals surface area (Å²) >= 11 is 6.22. The summed E-state index contributed by atoms with van der Waals surface area (Å²) in [6.07, 6.45) is 9.31. The first-order valence-electron chi connectivity index (χ1n) is 12.1. The van der Waals surface area contributed by atoms with Crippen molar-refractivity contribution in [3.63, 3.8) is 0 Å². The quantitative estimate of drug-likeness (QED) is 0.514. The lowest BCUT2D eigenvalue weighted by Crippen LogP contribution is -2.60. The van der Waals surface area contributed by atoms with Gasteiger partial charge >= 0.3 is 0 Å². The van der Waals surface area contributed by atoms with Crippen molar-refractivity contribution in [2.75, 3.05) is 7.11 Å². The van der Waals surface area contributed by atoms with Gasteiger partial charge in [0.25, 0.3) is 0 Å². The van der Waals surface area contributed by atoms with Crippen molar-refractivity contribution in [2.24, 2.45) is 17.3 Å². The number of para-hydroxylation sites is 1. The Kier molecular flexibility index (Phi) is 5.59. The molecule has 2 aromatic carbocycles. The average molecular weight is 438 g/mol. The molecule has 4 fully saturated rings. The Hall–Kier alpha value is -1.51. The monoisotopic (exact) mass is 437 g/mol. The van der Waals surface area contributed by atoms with Gasteiger partial charge in [-0.05, 0) is 111 Å². The molecule has 4 bridgehead atoms. The van der Waals surface area contributed by atoms with Gasteiger partial charge in [0.1, 0.15) is 5.75 Å². The smallest absolute Gasteiger partial charge is 0.122 e. The second kappa shape index (κ2) is 8.12. The summed E-state index contributed by atoms with van der Waals surface area (Å²) in [5, 5.41) is 4.89. The van der Waals surface area contributed by atoms with Crippen LogP contribution in [0.3, 0.4) is 0 Å². The summed E-state index contributed by atoms with van der Waals surface area (Å²) in [7, 11) is 1.77. The van der Waals surface area contributed by atoms with E-state index in [4.69, 9.17) is 16.3 Å². The minimum absolute atomic E-state index is 0.358. The fourth-order valence-corrected chi connectivity index (χ4v) is 7.97. The zero-order valence-corrected chi connectivity index (χ0v) is 19.9. The maximum atomic E-state index is 6.22. The number of hydrogen-bond donors (Lipinski definition) is 1. The van der Waals surface area contributed by atoms with E-state index in [1.54, 1.807) is 7.11 Å². The zero-order chi connectivity index (χ0) is 21.6. The van der Waals surface area contributed by atoms with E-state index in [2.05, 4.69) is 67.7 Å². The molecule has 4 atom stereocenters. The predicted octanol–water partition coefficient (Wildman–Crippen LogP) is 6.80. The molecule has 0 radical (unpaired) electrons. The topological polar surface area (TPSA) is 21.3 Å². The van der Waals surface area contributed by atoms with E-state index < -0.39 is 0 Å². The highest BCUT2D eigenvalue weighted by Crippen LogP contribution is 2.66. The molecule has 1 N–H and O–H groups in total. The third-order valence-electron chi connectivity index (χ3n) is 8.73. The van der Waals surface area contributed by atoms with Crippen LogP contribution in [0.1, 0.15) is 63.5 Å². The Labute approximate surface area is 192 Å². The van der Waals surface area contributed by atoms with Gasteiger partial charge in [0.05, 0.1) is 7.11 Å². The number of nitrogens with one attached hydrogen (secondary N) is 1. The van der Waals surface area contributed by atoms with E-state index in [9.17, 15) is 0 Å². The Balaban J connectivity index is 1.35. The first-order chi connectivity index (χ1) is 14.9. The molecule has 166 valence electrons. The molecular weight excluding hydrogens is 402 g/mol. The number of ether oxygens (including phenoxy) is 1. The molecule has 4 aliphatic rings. The summed E-state index contributed by atoms with van der Waals surface area (Å²) in [6, 6.07) is 18.2. The van der Waals surface area contributed by atoms with Crippen LogP contribution in [0.15, 0.2) is 48.5 Å². The maximum absolute atomic E-state index is 6.22. The molecule has 31 heavy (non-hydrogen) atoms. The first kappa shape index (κ1) is 21.3. The normalized spacial score (nSPS) is 33.3.